The summed E-state index contributed by atoms with van der Waals surface area (Å²) in [5, 5.41) is 12.0. The summed E-state index contributed by atoms with van der Waals surface area (Å²) in [6.45, 7) is 3.40. The molecule has 0 bridgehead atoms. The summed E-state index contributed by atoms with van der Waals surface area (Å²) in [7, 11) is 0. The van der Waals surface area contributed by atoms with E-state index in [0.29, 0.717) is 12.5 Å². The Morgan fingerprint density at radius 3 is 2.79 bits per heavy atom. The lowest BCUT2D eigenvalue weighted by atomic mass is 9.93. The molecule has 0 radical (unpaired) electrons. The normalized spacial score (nSPS) is 27.5. The summed E-state index contributed by atoms with van der Waals surface area (Å²) in [6, 6.07) is 0.639. The molecule has 1 heterocycles. The zero-order valence-electron chi connectivity index (χ0n) is 8.96. The molecule has 14 heavy (non-hydrogen) atoms. The molecule has 0 aromatic heterocycles. The molecule has 2 N–H and O–H groups in total. The van der Waals surface area contributed by atoms with Crippen LogP contribution >= 0.6 is 0 Å². The summed E-state index contributed by atoms with van der Waals surface area (Å²) in [6.07, 6.45) is 5.90. The van der Waals surface area contributed by atoms with Gasteiger partial charge in [-0.25, -0.2) is 0 Å². The molecule has 0 aliphatic carbocycles. The lowest BCUT2D eigenvalue weighted by molar-refractivity contribution is -0.137. The molecule has 1 aliphatic heterocycles. The van der Waals surface area contributed by atoms with Gasteiger partial charge in [-0.15, -0.1) is 0 Å². The molecule has 2 atom stereocenters. The maximum Gasteiger partial charge on any atom is 0.303 e. The summed E-state index contributed by atoms with van der Waals surface area (Å²) >= 11 is 0. The van der Waals surface area contributed by atoms with Crippen molar-refractivity contribution in [1.82, 2.24) is 5.32 Å². The van der Waals surface area contributed by atoms with Gasteiger partial charge in [0.2, 0.25) is 0 Å². The van der Waals surface area contributed by atoms with Crippen LogP contribution in [0.2, 0.25) is 0 Å². The van der Waals surface area contributed by atoms with Gasteiger partial charge in [0.15, 0.2) is 0 Å². The minimum absolute atomic E-state index is 0.323. The molecule has 1 fully saturated rings. The Hall–Kier alpha value is -0.570. The Kier molecular flexibility index (Phi) is 4.94. The van der Waals surface area contributed by atoms with Gasteiger partial charge in [0.1, 0.15) is 0 Å². The smallest absolute Gasteiger partial charge is 0.303 e. The first-order valence-corrected chi connectivity index (χ1v) is 5.63. The second-order valence-corrected chi connectivity index (χ2v) is 4.43. The monoisotopic (exact) mass is 199 g/mol. The van der Waals surface area contributed by atoms with Crippen molar-refractivity contribution >= 4 is 5.97 Å². The van der Waals surface area contributed by atoms with Crippen molar-refractivity contribution < 1.29 is 9.90 Å². The van der Waals surface area contributed by atoms with Crippen LogP contribution in [0.25, 0.3) is 0 Å². The Morgan fingerprint density at radius 1 is 1.43 bits per heavy atom. The van der Waals surface area contributed by atoms with Crippen molar-refractivity contribution in [2.45, 2.75) is 51.5 Å². The molecular weight excluding hydrogens is 178 g/mol. The number of piperidine rings is 1. The fraction of sp³-hybridized carbons (Fsp3) is 0.909. The van der Waals surface area contributed by atoms with Crippen LogP contribution in [0.1, 0.15) is 45.4 Å². The van der Waals surface area contributed by atoms with Crippen molar-refractivity contribution in [3.8, 4) is 0 Å². The fourth-order valence-corrected chi connectivity index (χ4v) is 1.97. The van der Waals surface area contributed by atoms with Gasteiger partial charge in [0.05, 0.1) is 0 Å². The van der Waals surface area contributed by atoms with Gasteiger partial charge in [0.25, 0.3) is 0 Å². The first-order chi connectivity index (χ1) is 6.68. The minimum Gasteiger partial charge on any atom is -0.481 e. The van der Waals surface area contributed by atoms with Crippen molar-refractivity contribution in [1.29, 1.82) is 0 Å². The molecule has 0 aromatic rings. The Morgan fingerprint density at radius 2 is 2.21 bits per heavy atom. The van der Waals surface area contributed by atoms with Crippen molar-refractivity contribution in [2.24, 2.45) is 5.92 Å². The van der Waals surface area contributed by atoms with Gasteiger partial charge in [-0.1, -0.05) is 13.3 Å². The Bertz CT molecular complexity index is 174. The zero-order valence-corrected chi connectivity index (χ0v) is 8.96. The van der Waals surface area contributed by atoms with Crippen LogP contribution < -0.4 is 5.32 Å². The second kappa shape index (κ2) is 6.02. The van der Waals surface area contributed by atoms with E-state index in [9.17, 15) is 4.79 Å². The molecular formula is C11H21NO2. The molecule has 1 saturated heterocycles. The van der Waals surface area contributed by atoms with Gasteiger partial charge in [-0.2, -0.15) is 0 Å². The SMILES string of the molecule is CC1CCC(CCCCC(=O)O)NC1. The summed E-state index contributed by atoms with van der Waals surface area (Å²) in [5.41, 5.74) is 0. The van der Waals surface area contributed by atoms with Crippen LogP contribution in [0.3, 0.4) is 0 Å². The van der Waals surface area contributed by atoms with Crippen LogP contribution in [0.15, 0.2) is 0 Å². The molecule has 1 rings (SSSR count). The highest BCUT2D eigenvalue weighted by Crippen LogP contribution is 2.17. The number of carbonyl (C=O) groups is 1. The number of hydrogen-bond donors (Lipinski definition) is 2. The van der Waals surface area contributed by atoms with Crippen LogP contribution in [-0.2, 0) is 4.79 Å². The van der Waals surface area contributed by atoms with E-state index in [1.807, 2.05) is 0 Å². The molecule has 0 saturated carbocycles. The minimum atomic E-state index is -0.671. The number of nitrogens with one attached hydrogen (secondary N) is 1. The highest BCUT2D eigenvalue weighted by Gasteiger charge is 2.16. The summed E-state index contributed by atoms with van der Waals surface area (Å²) < 4.78 is 0. The molecule has 0 spiro atoms. The van der Waals surface area contributed by atoms with Crippen LogP contribution in [-0.4, -0.2) is 23.7 Å². The molecule has 2 unspecified atom stereocenters. The second-order valence-electron chi connectivity index (χ2n) is 4.43. The average Bonchev–Trinajstić information content (AvgIpc) is 2.15. The molecule has 0 amide bonds. The van der Waals surface area contributed by atoms with Crippen LogP contribution in [0, 0.1) is 5.92 Å². The van der Waals surface area contributed by atoms with Crippen molar-refractivity contribution in [2.75, 3.05) is 6.54 Å². The summed E-state index contributed by atoms with van der Waals surface area (Å²) in [5.74, 6) is 0.139. The van der Waals surface area contributed by atoms with E-state index < -0.39 is 5.97 Å². The summed E-state index contributed by atoms with van der Waals surface area (Å²) in [4.78, 5) is 10.3. The van der Waals surface area contributed by atoms with Gasteiger partial charge in [-0.05, 0) is 38.1 Å². The highest BCUT2D eigenvalue weighted by atomic mass is 16.4. The quantitative estimate of drug-likeness (QED) is 0.666. The maximum atomic E-state index is 10.3. The zero-order chi connectivity index (χ0) is 10.4. The Balaban J connectivity index is 1.99. The topological polar surface area (TPSA) is 49.3 Å². The van der Waals surface area contributed by atoms with Crippen LogP contribution in [0.4, 0.5) is 0 Å². The van der Waals surface area contributed by atoms with Crippen molar-refractivity contribution in [3.63, 3.8) is 0 Å². The van der Waals surface area contributed by atoms with Gasteiger partial charge in [-0.3, -0.25) is 4.79 Å². The molecule has 1 aliphatic rings. The van der Waals surface area contributed by atoms with E-state index in [2.05, 4.69) is 12.2 Å². The van der Waals surface area contributed by atoms with Crippen LogP contribution in [0.5, 0.6) is 0 Å². The molecule has 3 heteroatoms. The predicted octanol–water partition coefficient (Wildman–Crippen LogP) is 2.02. The fourth-order valence-electron chi connectivity index (χ4n) is 1.97. The van der Waals surface area contributed by atoms with E-state index in [4.69, 9.17) is 5.11 Å². The number of rotatable bonds is 5. The van der Waals surface area contributed by atoms with E-state index >= 15 is 0 Å². The lowest BCUT2D eigenvalue weighted by Crippen LogP contribution is -2.37. The van der Waals surface area contributed by atoms with Gasteiger partial charge >= 0.3 is 5.97 Å². The van der Waals surface area contributed by atoms with E-state index in [-0.39, 0.29) is 0 Å². The van der Waals surface area contributed by atoms with Gasteiger partial charge in [0, 0.05) is 12.5 Å². The third-order valence-corrected chi connectivity index (χ3v) is 2.96. The standard InChI is InChI=1S/C11H21NO2/c1-9-6-7-10(12-8-9)4-2-3-5-11(13)14/h9-10,12H,2-8H2,1H3,(H,13,14). The molecule has 82 valence electrons. The van der Waals surface area contributed by atoms with E-state index in [0.717, 1.165) is 31.7 Å². The third-order valence-electron chi connectivity index (χ3n) is 2.96. The number of aliphatic carboxylic acids is 1. The number of carboxylic acids is 1. The number of carboxylic acid groups (broad SMARTS) is 1. The third kappa shape index (κ3) is 4.61. The maximum absolute atomic E-state index is 10.3. The van der Waals surface area contributed by atoms with Gasteiger partial charge < -0.3 is 10.4 Å². The van der Waals surface area contributed by atoms with E-state index in [1.54, 1.807) is 0 Å². The van der Waals surface area contributed by atoms with E-state index in [1.165, 1.54) is 12.8 Å². The lowest BCUT2D eigenvalue weighted by Gasteiger charge is -2.27. The number of unbranched alkanes of at least 4 members (excludes halogenated alkanes) is 1. The first-order valence-electron chi connectivity index (χ1n) is 5.63. The highest BCUT2D eigenvalue weighted by molar-refractivity contribution is 5.66. The number of hydrogen-bond acceptors (Lipinski definition) is 2. The molecule has 0 aromatic carbocycles. The van der Waals surface area contributed by atoms with Crippen molar-refractivity contribution in [3.05, 3.63) is 0 Å². The largest absolute Gasteiger partial charge is 0.481 e. The Labute approximate surface area is 85.9 Å². The predicted molar refractivity (Wildman–Crippen MR) is 56.3 cm³/mol. The average molecular weight is 199 g/mol. The first kappa shape index (κ1) is 11.5. The molecule has 3 nitrogen and oxygen atoms in total.